The number of esters is 2. The highest BCUT2D eigenvalue weighted by Gasteiger charge is 2.32. The van der Waals surface area contributed by atoms with Crippen LogP contribution >= 0.6 is 0 Å². The Bertz CT molecular complexity index is 2300. The summed E-state index contributed by atoms with van der Waals surface area (Å²) in [5.74, 6) is 0.00332. The van der Waals surface area contributed by atoms with Crippen LogP contribution in [-0.2, 0) is 41.8 Å². The number of rotatable bonds is 13. The van der Waals surface area contributed by atoms with Crippen LogP contribution in [0.4, 0.5) is 0 Å². The maximum absolute atomic E-state index is 11.8. The van der Waals surface area contributed by atoms with Crippen molar-refractivity contribution in [3.05, 3.63) is 155 Å². The fraction of sp³-hybridized carbons (Fsp3) is 0.200. The first-order chi connectivity index (χ1) is 26.0. The molecule has 0 bridgehead atoms. The molecule has 0 fully saturated rings. The van der Waals surface area contributed by atoms with E-state index in [1.807, 2.05) is 60.7 Å². The Morgan fingerprint density at radius 2 is 1.09 bits per heavy atom. The molecular weight excluding hydrogens is 684 g/mol. The summed E-state index contributed by atoms with van der Waals surface area (Å²) >= 11 is 0. The van der Waals surface area contributed by atoms with Gasteiger partial charge in [0.25, 0.3) is 0 Å². The zero-order chi connectivity index (χ0) is 37.9. The molecule has 0 amide bonds. The van der Waals surface area contributed by atoms with Gasteiger partial charge in [-0.3, -0.25) is 0 Å². The quantitative estimate of drug-likeness (QED) is 0.0687. The van der Waals surface area contributed by atoms with Crippen LogP contribution in [0.2, 0.25) is 0 Å². The molecule has 9 nitrogen and oxygen atoms in total. The van der Waals surface area contributed by atoms with E-state index in [2.05, 4.69) is 55.6 Å². The van der Waals surface area contributed by atoms with Gasteiger partial charge < -0.3 is 33.9 Å². The van der Waals surface area contributed by atoms with E-state index < -0.39 is 24.5 Å². The lowest BCUT2D eigenvalue weighted by Crippen LogP contribution is -2.21. The topological polar surface area (TPSA) is 121 Å². The molecule has 2 N–H and O–H groups in total. The van der Waals surface area contributed by atoms with E-state index in [0.29, 0.717) is 0 Å². The van der Waals surface area contributed by atoms with Crippen molar-refractivity contribution in [3.63, 3.8) is 0 Å². The summed E-state index contributed by atoms with van der Waals surface area (Å²) in [6.45, 7) is 9.72. The largest absolute Gasteiger partial charge is 0.457 e. The molecule has 0 radical (unpaired) electrons. The maximum atomic E-state index is 11.8. The van der Waals surface area contributed by atoms with E-state index >= 15 is 0 Å². The summed E-state index contributed by atoms with van der Waals surface area (Å²) < 4.78 is 28.2. The molecule has 9 heteroatoms. The second-order valence-electron chi connectivity index (χ2n) is 13.5. The molecule has 1 heterocycles. The highest BCUT2D eigenvalue weighted by atomic mass is 16.6. The molecular formula is C45H40O9. The van der Waals surface area contributed by atoms with E-state index in [1.54, 1.807) is 0 Å². The number of ether oxygens (including phenoxy) is 5. The lowest BCUT2D eigenvalue weighted by atomic mass is 9.78. The standard InChI is InChI=1S/C45H40O9/c1-26(2)44(48)52-24-39(46)50-22-28-9-11-31-15-17-37-42(35(31)19-28)41(34-14-13-30-7-5-6-8-33(30)21-34)43-36-20-29(10-12-32(36)16-18-38(43)54-37)23-51-40(47)25-53-45(49)27(3)4/h5-21,39-41,46-47H,1,3,22-25H2,2,4H3. The predicted molar refractivity (Wildman–Crippen MR) is 206 cm³/mol. The molecule has 274 valence electrons. The molecule has 2 atom stereocenters. The van der Waals surface area contributed by atoms with Gasteiger partial charge in [-0.1, -0.05) is 92.0 Å². The third-order valence-electron chi connectivity index (χ3n) is 9.38. The Morgan fingerprint density at radius 3 is 1.59 bits per heavy atom. The Kier molecular flexibility index (Phi) is 10.6. The van der Waals surface area contributed by atoms with Crippen LogP contribution in [0.5, 0.6) is 11.5 Å². The van der Waals surface area contributed by atoms with Crippen molar-refractivity contribution in [2.75, 3.05) is 13.2 Å². The Balaban J connectivity index is 1.28. The first kappa shape index (κ1) is 36.5. The summed E-state index contributed by atoms with van der Waals surface area (Å²) in [5.41, 5.74) is 5.15. The fourth-order valence-corrected chi connectivity index (χ4v) is 6.70. The van der Waals surface area contributed by atoms with Crippen molar-refractivity contribution in [1.29, 1.82) is 0 Å². The summed E-state index contributed by atoms with van der Waals surface area (Å²) in [6, 6.07) is 34.9. The Labute approximate surface area is 312 Å². The van der Waals surface area contributed by atoms with Gasteiger partial charge in [0.15, 0.2) is 12.6 Å². The molecule has 1 aliphatic rings. The van der Waals surface area contributed by atoms with Crippen LogP contribution in [0.1, 0.15) is 47.6 Å². The Hall–Kier alpha value is -5.84. The van der Waals surface area contributed by atoms with Crippen LogP contribution in [0.25, 0.3) is 32.3 Å². The van der Waals surface area contributed by atoms with Crippen molar-refractivity contribution in [2.45, 2.75) is 45.6 Å². The highest BCUT2D eigenvalue weighted by Crippen LogP contribution is 2.52. The van der Waals surface area contributed by atoms with Gasteiger partial charge in [-0.05, 0) is 87.1 Å². The first-order valence-corrected chi connectivity index (χ1v) is 17.6. The first-order valence-electron chi connectivity index (χ1n) is 17.6. The zero-order valence-electron chi connectivity index (χ0n) is 30.0. The molecule has 0 saturated carbocycles. The number of benzene rings is 6. The number of hydrogen-bond donors (Lipinski definition) is 2. The molecule has 0 aromatic heterocycles. The maximum Gasteiger partial charge on any atom is 0.333 e. The van der Waals surface area contributed by atoms with Gasteiger partial charge in [-0.25, -0.2) is 9.59 Å². The van der Waals surface area contributed by atoms with Gasteiger partial charge in [0.1, 0.15) is 24.7 Å². The minimum Gasteiger partial charge on any atom is -0.457 e. The molecule has 0 aliphatic carbocycles. The number of carbonyl (C=O) groups excluding carboxylic acids is 2. The van der Waals surface area contributed by atoms with Gasteiger partial charge in [-0.2, -0.15) is 0 Å². The number of aliphatic hydroxyl groups is 2. The highest BCUT2D eigenvalue weighted by molar-refractivity contribution is 5.96. The summed E-state index contributed by atoms with van der Waals surface area (Å²) in [6.07, 6.45) is -2.63. The second kappa shape index (κ2) is 15.6. The minimum absolute atomic E-state index is 0.0774. The summed E-state index contributed by atoms with van der Waals surface area (Å²) in [7, 11) is 0. The van der Waals surface area contributed by atoms with E-state index in [-0.39, 0.29) is 43.5 Å². The third kappa shape index (κ3) is 7.76. The van der Waals surface area contributed by atoms with Gasteiger partial charge in [0, 0.05) is 28.2 Å². The van der Waals surface area contributed by atoms with Crippen LogP contribution in [0.15, 0.2) is 127 Å². The van der Waals surface area contributed by atoms with E-state index in [9.17, 15) is 19.8 Å². The van der Waals surface area contributed by atoms with Crippen molar-refractivity contribution in [2.24, 2.45) is 0 Å². The van der Waals surface area contributed by atoms with Crippen LogP contribution < -0.4 is 4.74 Å². The molecule has 1 aliphatic heterocycles. The molecule has 7 rings (SSSR count). The summed E-state index contributed by atoms with van der Waals surface area (Å²) in [5, 5.41) is 27.0. The average Bonchev–Trinajstić information content (AvgIpc) is 3.18. The minimum atomic E-state index is -1.31. The van der Waals surface area contributed by atoms with Crippen molar-refractivity contribution in [3.8, 4) is 11.5 Å². The number of carbonyl (C=O) groups is 2. The zero-order valence-corrected chi connectivity index (χ0v) is 30.0. The van der Waals surface area contributed by atoms with Crippen LogP contribution in [0, 0.1) is 0 Å². The lowest BCUT2D eigenvalue weighted by Gasteiger charge is -2.31. The van der Waals surface area contributed by atoms with E-state index in [0.717, 1.165) is 71.6 Å². The predicted octanol–water partition coefficient (Wildman–Crippen LogP) is 8.34. The number of aliphatic hydroxyl groups excluding tert-OH is 2. The van der Waals surface area contributed by atoms with Gasteiger partial charge in [0.2, 0.25) is 0 Å². The van der Waals surface area contributed by atoms with Gasteiger partial charge >= 0.3 is 11.9 Å². The summed E-state index contributed by atoms with van der Waals surface area (Å²) in [4.78, 5) is 23.6. The van der Waals surface area contributed by atoms with E-state index in [4.69, 9.17) is 23.7 Å². The lowest BCUT2D eigenvalue weighted by molar-refractivity contribution is -0.165. The molecule has 54 heavy (non-hydrogen) atoms. The van der Waals surface area contributed by atoms with Crippen LogP contribution in [0.3, 0.4) is 0 Å². The smallest absolute Gasteiger partial charge is 0.333 e. The molecule has 2 unspecified atom stereocenters. The normalized spacial score (nSPS) is 14.5. The van der Waals surface area contributed by atoms with E-state index in [1.165, 1.54) is 13.8 Å². The molecule has 6 aromatic rings. The number of hydrogen-bond acceptors (Lipinski definition) is 9. The SMILES string of the molecule is C=C(C)C(=O)OCC(O)OCc1ccc2ccc3c(c2c1)C(c1ccc2ccccc2c1)c1c(ccc2ccc(COC(O)COC(=O)C(=C)C)cc12)O3. The third-order valence-corrected chi connectivity index (χ3v) is 9.38. The van der Waals surface area contributed by atoms with Gasteiger partial charge in [0.05, 0.1) is 13.2 Å². The average molecular weight is 725 g/mol. The fourth-order valence-electron chi connectivity index (χ4n) is 6.70. The monoisotopic (exact) mass is 724 g/mol. The second-order valence-corrected chi connectivity index (χ2v) is 13.5. The Morgan fingerprint density at radius 1 is 0.630 bits per heavy atom. The van der Waals surface area contributed by atoms with Crippen molar-refractivity contribution < 1.29 is 43.5 Å². The molecule has 0 spiro atoms. The molecule has 6 aromatic carbocycles. The van der Waals surface area contributed by atoms with Gasteiger partial charge in [-0.15, -0.1) is 0 Å². The number of fused-ring (bicyclic) bond motifs is 7. The van der Waals surface area contributed by atoms with Crippen molar-refractivity contribution >= 4 is 44.3 Å². The van der Waals surface area contributed by atoms with Crippen molar-refractivity contribution in [1.82, 2.24) is 0 Å². The van der Waals surface area contributed by atoms with Crippen LogP contribution in [-0.4, -0.2) is 47.9 Å². The molecule has 0 saturated heterocycles.